The van der Waals surface area contributed by atoms with Gasteiger partial charge in [0, 0.05) is 5.70 Å². The van der Waals surface area contributed by atoms with Crippen LogP contribution in [0.2, 0.25) is 10.0 Å². The van der Waals surface area contributed by atoms with Crippen LogP contribution in [0.25, 0.3) is 6.08 Å². The van der Waals surface area contributed by atoms with Gasteiger partial charge in [0.1, 0.15) is 5.75 Å². The van der Waals surface area contributed by atoms with E-state index in [1.54, 1.807) is 55.5 Å². The van der Waals surface area contributed by atoms with Crippen LogP contribution in [0.4, 0.5) is 5.69 Å². The van der Waals surface area contributed by atoms with Crippen molar-refractivity contribution in [2.24, 2.45) is 0 Å². The van der Waals surface area contributed by atoms with E-state index in [1.807, 2.05) is 37.3 Å². The standard InChI is InChI=1S/C30H26Cl2N2O5/c1-18(21-7-5-4-6-8-21)33-27(35)17-39-23-12-9-20(10-13-23)15-24-28(30(37)38-3)19(2)34(29(24)36)22-11-14-25(31)26(32)16-22/h4-16,18H,17H2,1-3H3,(H,33,35)/b24-15-/t18-/m1/s1. The number of nitrogens with zero attached hydrogens (tertiary/aromatic N) is 1. The molecule has 4 rings (SSSR count). The first-order valence-electron chi connectivity index (χ1n) is 12.1. The highest BCUT2D eigenvalue weighted by Crippen LogP contribution is 2.37. The normalized spacial score (nSPS) is 14.9. The molecule has 0 aliphatic carbocycles. The molecule has 3 aromatic rings. The average Bonchev–Trinajstić information content (AvgIpc) is 3.18. The topological polar surface area (TPSA) is 84.9 Å². The van der Waals surface area contributed by atoms with Crippen molar-refractivity contribution in [1.82, 2.24) is 5.32 Å². The summed E-state index contributed by atoms with van der Waals surface area (Å²) in [5.41, 5.74) is 2.86. The second-order valence-corrected chi connectivity index (χ2v) is 9.62. The molecule has 200 valence electrons. The monoisotopic (exact) mass is 564 g/mol. The molecule has 7 nitrogen and oxygen atoms in total. The average molecular weight is 565 g/mol. The summed E-state index contributed by atoms with van der Waals surface area (Å²) in [6.07, 6.45) is 1.60. The second kappa shape index (κ2) is 12.2. The molecule has 1 aliphatic heterocycles. The van der Waals surface area contributed by atoms with Crippen LogP contribution in [0.15, 0.2) is 89.6 Å². The molecule has 0 bridgehead atoms. The zero-order chi connectivity index (χ0) is 28.1. The summed E-state index contributed by atoms with van der Waals surface area (Å²) in [5.74, 6) is -0.809. The van der Waals surface area contributed by atoms with Gasteiger partial charge < -0.3 is 14.8 Å². The maximum atomic E-state index is 13.4. The van der Waals surface area contributed by atoms with Crippen molar-refractivity contribution in [2.75, 3.05) is 18.6 Å². The van der Waals surface area contributed by atoms with Gasteiger partial charge in [0.2, 0.25) is 0 Å². The van der Waals surface area contributed by atoms with Gasteiger partial charge in [-0.3, -0.25) is 14.5 Å². The highest BCUT2D eigenvalue weighted by molar-refractivity contribution is 6.42. The Balaban J connectivity index is 1.49. The van der Waals surface area contributed by atoms with E-state index in [9.17, 15) is 14.4 Å². The number of amides is 2. The second-order valence-electron chi connectivity index (χ2n) is 8.81. The fourth-order valence-electron chi connectivity index (χ4n) is 4.20. The summed E-state index contributed by atoms with van der Waals surface area (Å²) in [6.45, 7) is 3.42. The lowest BCUT2D eigenvalue weighted by atomic mass is 10.0. The van der Waals surface area contributed by atoms with Crippen LogP contribution in [0.1, 0.15) is 31.0 Å². The smallest absolute Gasteiger partial charge is 0.340 e. The summed E-state index contributed by atoms with van der Waals surface area (Å²) < 4.78 is 10.6. The molecule has 0 saturated carbocycles. The van der Waals surface area contributed by atoms with Crippen molar-refractivity contribution in [1.29, 1.82) is 0 Å². The molecule has 0 unspecified atom stereocenters. The molecule has 1 N–H and O–H groups in total. The predicted molar refractivity (Wildman–Crippen MR) is 152 cm³/mol. The molecule has 1 aliphatic rings. The summed E-state index contributed by atoms with van der Waals surface area (Å²) in [5, 5.41) is 3.53. The molecule has 39 heavy (non-hydrogen) atoms. The lowest BCUT2D eigenvalue weighted by molar-refractivity contribution is -0.136. The number of allylic oxidation sites excluding steroid dienone is 1. The molecule has 1 atom stereocenters. The van der Waals surface area contributed by atoms with Gasteiger partial charge in [-0.05, 0) is 61.4 Å². The number of methoxy groups -OCH3 is 1. The Morgan fingerprint density at radius 1 is 1.00 bits per heavy atom. The van der Waals surface area contributed by atoms with E-state index in [0.29, 0.717) is 27.7 Å². The van der Waals surface area contributed by atoms with E-state index in [0.717, 1.165) is 5.56 Å². The SMILES string of the molecule is COC(=O)C1=C(C)N(c2ccc(Cl)c(Cl)c2)C(=O)/C1=C\c1ccc(OCC(=O)N[C@H](C)c2ccccc2)cc1. The minimum atomic E-state index is -0.634. The molecule has 9 heteroatoms. The summed E-state index contributed by atoms with van der Waals surface area (Å²) in [6, 6.07) is 21.1. The van der Waals surface area contributed by atoms with Gasteiger partial charge in [-0.2, -0.15) is 0 Å². The molecular weight excluding hydrogens is 539 g/mol. The van der Waals surface area contributed by atoms with Crippen LogP contribution >= 0.6 is 23.2 Å². The molecule has 2 amide bonds. The number of benzene rings is 3. The van der Waals surface area contributed by atoms with Gasteiger partial charge in [-0.15, -0.1) is 0 Å². The van der Waals surface area contributed by atoms with Gasteiger partial charge in [-0.1, -0.05) is 65.7 Å². The quantitative estimate of drug-likeness (QED) is 0.263. The van der Waals surface area contributed by atoms with Gasteiger partial charge in [0.05, 0.1) is 40.0 Å². The third-order valence-corrected chi connectivity index (χ3v) is 6.93. The number of halogens is 2. The van der Waals surface area contributed by atoms with Crippen LogP contribution in [0.3, 0.4) is 0 Å². The van der Waals surface area contributed by atoms with Crippen LogP contribution in [0, 0.1) is 0 Å². The lowest BCUT2D eigenvalue weighted by Crippen LogP contribution is -2.31. The Kier molecular flexibility index (Phi) is 8.74. The van der Waals surface area contributed by atoms with Gasteiger partial charge in [0.25, 0.3) is 11.8 Å². The highest BCUT2D eigenvalue weighted by atomic mass is 35.5. The number of nitrogens with one attached hydrogen (secondary N) is 1. The molecular formula is C30H26Cl2N2O5. The van der Waals surface area contributed by atoms with Crippen molar-refractivity contribution in [3.8, 4) is 5.75 Å². The van der Waals surface area contributed by atoms with Crippen molar-refractivity contribution in [3.05, 3.63) is 111 Å². The van der Waals surface area contributed by atoms with E-state index < -0.39 is 11.9 Å². The fraction of sp³-hybridized carbons (Fsp3) is 0.167. The van der Waals surface area contributed by atoms with Crippen LogP contribution < -0.4 is 15.0 Å². The lowest BCUT2D eigenvalue weighted by Gasteiger charge is -2.18. The van der Waals surface area contributed by atoms with E-state index in [4.69, 9.17) is 32.7 Å². The van der Waals surface area contributed by atoms with E-state index in [-0.39, 0.29) is 34.7 Å². The molecule has 0 aromatic heterocycles. The van der Waals surface area contributed by atoms with Crippen LogP contribution in [-0.2, 0) is 19.1 Å². The van der Waals surface area contributed by atoms with Crippen molar-refractivity contribution in [3.63, 3.8) is 0 Å². The minimum Gasteiger partial charge on any atom is -0.484 e. The Labute approximate surface area is 236 Å². The van der Waals surface area contributed by atoms with E-state index >= 15 is 0 Å². The third-order valence-electron chi connectivity index (χ3n) is 6.19. The number of anilines is 1. The van der Waals surface area contributed by atoms with Crippen LogP contribution in [0.5, 0.6) is 5.75 Å². The highest BCUT2D eigenvalue weighted by Gasteiger charge is 2.38. The summed E-state index contributed by atoms with van der Waals surface area (Å²) in [7, 11) is 1.26. The zero-order valence-electron chi connectivity index (χ0n) is 21.5. The van der Waals surface area contributed by atoms with Crippen molar-refractivity contribution in [2.45, 2.75) is 19.9 Å². The molecule has 0 saturated heterocycles. The number of hydrogen-bond acceptors (Lipinski definition) is 5. The summed E-state index contributed by atoms with van der Waals surface area (Å²) >= 11 is 12.2. The minimum absolute atomic E-state index is 0.149. The Morgan fingerprint density at radius 3 is 2.33 bits per heavy atom. The number of esters is 1. The first kappa shape index (κ1) is 28.0. The Bertz CT molecular complexity index is 1470. The van der Waals surface area contributed by atoms with E-state index in [2.05, 4.69) is 5.32 Å². The van der Waals surface area contributed by atoms with E-state index in [1.165, 1.54) is 12.0 Å². The summed E-state index contributed by atoms with van der Waals surface area (Å²) in [4.78, 5) is 39.8. The Morgan fingerprint density at radius 2 is 1.69 bits per heavy atom. The Hall–Kier alpha value is -4.07. The number of carbonyl (C=O) groups excluding carboxylic acids is 3. The number of hydrogen-bond donors (Lipinski definition) is 1. The third kappa shape index (κ3) is 6.33. The number of rotatable bonds is 8. The predicted octanol–water partition coefficient (Wildman–Crippen LogP) is 6.13. The maximum absolute atomic E-state index is 13.4. The van der Waals surface area contributed by atoms with Crippen molar-refractivity contribution < 1.29 is 23.9 Å². The maximum Gasteiger partial charge on any atom is 0.340 e. The first-order chi connectivity index (χ1) is 18.7. The molecule has 0 radical (unpaired) electrons. The fourth-order valence-corrected chi connectivity index (χ4v) is 4.49. The first-order valence-corrected chi connectivity index (χ1v) is 12.8. The largest absolute Gasteiger partial charge is 0.484 e. The molecule has 3 aromatic carbocycles. The molecule has 1 heterocycles. The number of carbonyl (C=O) groups is 3. The zero-order valence-corrected chi connectivity index (χ0v) is 23.0. The molecule has 0 spiro atoms. The van der Waals surface area contributed by atoms with Gasteiger partial charge in [-0.25, -0.2) is 4.79 Å². The van der Waals surface area contributed by atoms with Gasteiger partial charge in [0.15, 0.2) is 6.61 Å². The van der Waals surface area contributed by atoms with Crippen LogP contribution in [-0.4, -0.2) is 31.5 Å². The molecule has 0 fully saturated rings. The number of ether oxygens (including phenoxy) is 2. The van der Waals surface area contributed by atoms with Crippen molar-refractivity contribution >= 4 is 52.7 Å². The van der Waals surface area contributed by atoms with Gasteiger partial charge >= 0.3 is 5.97 Å².